The molecule has 3 aromatic carbocycles. The van der Waals surface area contributed by atoms with E-state index in [9.17, 15) is 18.0 Å². The lowest BCUT2D eigenvalue weighted by Gasteiger charge is -2.35. The minimum atomic E-state index is -3.61. The third-order valence-corrected chi connectivity index (χ3v) is 7.40. The van der Waals surface area contributed by atoms with Crippen molar-refractivity contribution in [1.82, 2.24) is 4.90 Å². The van der Waals surface area contributed by atoms with Crippen molar-refractivity contribution in [3.05, 3.63) is 59.7 Å². The van der Waals surface area contributed by atoms with E-state index in [2.05, 4.69) is 15.4 Å². The molecule has 1 fully saturated rings. The Labute approximate surface area is 241 Å². The van der Waals surface area contributed by atoms with E-state index in [1.807, 2.05) is 58.9 Å². The molecule has 0 aromatic heterocycles. The van der Waals surface area contributed by atoms with Crippen molar-refractivity contribution in [2.45, 2.75) is 52.2 Å². The smallest absolute Gasteiger partial charge is 0.323 e. The average molecular weight is 583 g/mol. The highest BCUT2D eigenvalue weighted by atomic mass is 32.2. The number of urea groups is 1. The summed E-state index contributed by atoms with van der Waals surface area (Å²) in [6.45, 7) is 10.9. The Morgan fingerprint density at radius 2 is 1.51 bits per heavy atom. The first-order valence-corrected chi connectivity index (χ1v) is 15.3. The van der Waals surface area contributed by atoms with Crippen LogP contribution in [-0.2, 0) is 20.2 Å². The van der Waals surface area contributed by atoms with Gasteiger partial charge in [0.25, 0.3) is 5.91 Å². The molecule has 1 heterocycles. The van der Waals surface area contributed by atoms with Crippen molar-refractivity contribution in [2.75, 3.05) is 41.8 Å². The van der Waals surface area contributed by atoms with Gasteiger partial charge in [0.1, 0.15) is 0 Å². The zero-order chi connectivity index (χ0) is 30.1. The van der Waals surface area contributed by atoms with Gasteiger partial charge in [-0.1, -0.05) is 45.0 Å². The van der Waals surface area contributed by atoms with Gasteiger partial charge in [0, 0.05) is 24.0 Å². The molecule has 0 radical (unpaired) electrons. The van der Waals surface area contributed by atoms with Crippen molar-refractivity contribution < 1.29 is 27.5 Å². The number of carbonyl (C=O) groups is 2. The maximum atomic E-state index is 13.5. The normalized spacial score (nSPS) is 17.7. The predicted molar refractivity (Wildman–Crippen MR) is 163 cm³/mol. The molecular weight excluding hydrogens is 544 g/mol. The molecule has 0 spiro atoms. The molecule has 10 nitrogen and oxygen atoms in total. The number of methoxy groups -OCH3 is 1. The predicted octanol–water partition coefficient (Wildman–Crippen LogP) is 5.41. The van der Waals surface area contributed by atoms with E-state index >= 15 is 0 Å². The van der Waals surface area contributed by atoms with Gasteiger partial charge in [0.15, 0.2) is 5.75 Å². The number of amides is 3. The van der Waals surface area contributed by atoms with Gasteiger partial charge in [0.05, 0.1) is 42.6 Å². The van der Waals surface area contributed by atoms with Crippen LogP contribution in [0, 0.1) is 0 Å². The lowest BCUT2D eigenvalue weighted by molar-refractivity contribution is -0.0585. The van der Waals surface area contributed by atoms with Gasteiger partial charge in [-0.2, -0.15) is 0 Å². The molecule has 1 aliphatic rings. The summed E-state index contributed by atoms with van der Waals surface area (Å²) in [5.41, 5.74) is 2.03. The van der Waals surface area contributed by atoms with Gasteiger partial charge in [-0.15, -0.1) is 0 Å². The van der Waals surface area contributed by atoms with Crippen LogP contribution in [0.1, 0.15) is 50.5 Å². The zero-order valence-corrected chi connectivity index (χ0v) is 25.3. The number of benzene rings is 3. The summed E-state index contributed by atoms with van der Waals surface area (Å²) in [6.07, 6.45) is 0.941. The summed E-state index contributed by atoms with van der Waals surface area (Å²) in [4.78, 5) is 28.6. The third kappa shape index (κ3) is 7.09. The van der Waals surface area contributed by atoms with Crippen LogP contribution in [0.15, 0.2) is 48.5 Å². The molecule has 3 amide bonds. The molecule has 2 atom stereocenters. The molecule has 0 unspecified atom stereocenters. The number of carbonyl (C=O) groups excluding carboxylic acids is 2. The van der Waals surface area contributed by atoms with E-state index in [0.29, 0.717) is 40.8 Å². The Morgan fingerprint density at radius 3 is 2.10 bits per heavy atom. The first kappa shape index (κ1) is 30.1. The monoisotopic (exact) mass is 582 g/mol. The lowest BCUT2D eigenvalue weighted by Crippen LogP contribution is -2.48. The van der Waals surface area contributed by atoms with Crippen LogP contribution in [0.4, 0.5) is 21.9 Å². The fraction of sp³-hybridized carbons (Fsp3) is 0.400. The van der Waals surface area contributed by atoms with Crippen LogP contribution >= 0.6 is 0 Å². The Balaban J connectivity index is 1.65. The van der Waals surface area contributed by atoms with Gasteiger partial charge in [-0.3, -0.25) is 9.52 Å². The van der Waals surface area contributed by atoms with Gasteiger partial charge >= 0.3 is 6.03 Å². The number of morpholine rings is 1. The van der Waals surface area contributed by atoms with Crippen LogP contribution < -0.4 is 20.1 Å². The number of ether oxygens (including phenoxy) is 2. The quantitative estimate of drug-likeness (QED) is 0.357. The Hall–Kier alpha value is -3.83. The number of anilines is 3. The number of fused-ring (bicyclic) bond motifs is 1. The number of rotatable bonds is 6. The van der Waals surface area contributed by atoms with Crippen LogP contribution in [0.3, 0.4) is 0 Å². The first-order chi connectivity index (χ1) is 19.2. The van der Waals surface area contributed by atoms with Gasteiger partial charge < -0.3 is 25.0 Å². The summed E-state index contributed by atoms with van der Waals surface area (Å²) in [5.74, 6) is 0.0900. The molecule has 1 aliphatic heterocycles. The molecule has 11 heteroatoms. The Kier molecular flexibility index (Phi) is 8.51. The van der Waals surface area contributed by atoms with E-state index in [-0.39, 0.29) is 35.0 Å². The molecule has 1 saturated heterocycles. The number of nitrogens with zero attached hydrogens (tertiary/aromatic N) is 1. The Morgan fingerprint density at radius 1 is 0.927 bits per heavy atom. The van der Waals surface area contributed by atoms with Crippen molar-refractivity contribution in [1.29, 1.82) is 0 Å². The van der Waals surface area contributed by atoms with Gasteiger partial charge in [-0.25, -0.2) is 13.2 Å². The number of hydrogen-bond donors (Lipinski definition) is 3. The van der Waals surface area contributed by atoms with Crippen LogP contribution in [0.5, 0.6) is 5.75 Å². The van der Waals surface area contributed by atoms with E-state index in [1.165, 1.54) is 7.11 Å². The largest absolute Gasteiger partial charge is 0.492 e. The van der Waals surface area contributed by atoms with Crippen molar-refractivity contribution >= 4 is 49.8 Å². The Bertz CT molecular complexity index is 1570. The number of nitrogens with one attached hydrogen (secondary N) is 3. The second-order valence-electron chi connectivity index (χ2n) is 11.5. The van der Waals surface area contributed by atoms with Crippen molar-refractivity contribution in [2.24, 2.45) is 0 Å². The highest BCUT2D eigenvalue weighted by molar-refractivity contribution is 7.92. The second-order valence-corrected chi connectivity index (χ2v) is 13.2. The lowest BCUT2D eigenvalue weighted by atomic mass is 9.86. The van der Waals surface area contributed by atoms with Crippen molar-refractivity contribution in [3.8, 4) is 5.75 Å². The number of hydrogen-bond acceptors (Lipinski definition) is 6. The SMILES string of the molecule is COc1c(NC(=O)Nc2ccc(C(=O)N3C[C@@H](C)O[C@@H](C)C3)c3ccccc23)cc(C(C)(C)C)cc1NS(C)(=O)=O. The van der Waals surface area contributed by atoms with Crippen LogP contribution in [0.25, 0.3) is 10.8 Å². The molecule has 0 saturated carbocycles. The van der Waals surface area contributed by atoms with Crippen LogP contribution in [-0.4, -0.2) is 63.9 Å². The first-order valence-electron chi connectivity index (χ1n) is 13.4. The maximum absolute atomic E-state index is 13.5. The topological polar surface area (TPSA) is 126 Å². The summed E-state index contributed by atoms with van der Waals surface area (Å²) in [7, 11) is -2.21. The minimum Gasteiger partial charge on any atom is -0.492 e. The fourth-order valence-electron chi connectivity index (χ4n) is 5.03. The van der Waals surface area contributed by atoms with E-state index in [0.717, 1.165) is 11.8 Å². The van der Waals surface area contributed by atoms with Gasteiger partial charge in [-0.05, 0) is 54.5 Å². The molecule has 3 aromatic rings. The molecule has 0 aliphatic carbocycles. The average Bonchev–Trinajstić information content (AvgIpc) is 2.86. The molecule has 3 N–H and O–H groups in total. The molecule has 41 heavy (non-hydrogen) atoms. The molecule has 4 rings (SSSR count). The summed E-state index contributed by atoms with van der Waals surface area (Å²) >= 11 is 0. The molecule has 220 valence electrons. The van der Waals surface area contributed by atoms with E-state index in [1.54, 1.807) is 29.2 Å². The summed E-state index contributed by atoms with van der Waals surface area (Å²) in [5, 5.41) is 7.12. The standard InChI is InChI=1S/C30H38N4O6S/c1-18-16-34(17-19(2)40-18)28(35)23-12-13-24(22-11-9-8-10-21(22)23)31-29(36)32-25-14-20(30(3,4)5)15-26(27(25)39-6)33-41(7,37)38/h8-15,18-19,33H,16-17H2,1-7H3,(H2,31,32,36)/t18-,19+. The highest BCUT2D eigenvalue weighted by Gasteiger charge is 2.28. The van der Waals surface area contributed by atoms with E-state index in [4.69, 9.17) is 9.47 Å². The second kappa shape index (κ2) is 11.6. The number of sulfonamides is 1. The zero-order valence-electron chi connectivity index (χ0n) is 24.5. The summed E-state index contributed by atoms with van der Waals surface area (Å²) in [6, 6.07) is 13.7. The third-order valence-electron chi connectivity index (χ3n) is 6.81. The fourth-order valence-corrected chi connectivity index (χ4v) is 5.59. The molecule has 0 bridgehead atoms. The van der Waals surface area contributed by atoms with Crippen molar-refractivity contribution in [3.63, 3.8) is 0 Å². The molecular formula is C30H38N4O6S. The minimum absolute atomic E-state index is 0.0551. The van der Waals surface area contributed by atoms with Crippen LogP contribution in [0.2, 0.25) is 0 Å². The maximum Gasteiger partial charge on any atom is 0.323 e. The van der Waals surface area contributed by atoms with E-state index < -0.39 is 16.1 Å². The summed E-state index contributed by atoms with van der Waals surface area (Å²) < 4.78 is 37.8. The highest BCUT2D eigenvalue weighted by Crippen LogP contribution is 2.39. The van der Waals surface area contributed by atoms with Gasteiger partial charge in [0.2, 0.25) is 10.0 Å².